The van der Waals surface area contributed by atoms with Crippen LogP contribution in [0.2, 0.25) is 0 Å². The van der Waals surface area contributed by atoms with E-state index in [1.165, 1.54) is 0 Å². The normalized spacial score (nSPS) is 9.72. The number of nitrogens with one attached hydrogen (secondary N) is 1. The summed E-state index contributed by atoms with van der Waals surface area (Å²) in [5.74, 6) is 0. The van der Waals surface area contributed by atoms with Gasteiger partial charge in [-0.1, -0.05) is 30.3 Å². The van der Waals surface area contributed by atoms with Crippen molar-refractivity contribution in [2.45, 2.75) is 0 Å². The van der Waals surface area contributed by atoms with Gasteiger partial charge in [0.15, 0.2) is 0 Å². The van der Waals surface area contributed by atoms with Crippen LogP contribution in [0, 0.1) is 21.0 Å². The van der Waals surface area contributed by atoms with Crippen molar-refractivity contribution in [1.82, 2.24) is 9.66 Å². The molecule has 88 valence electrons. The molecule has 1 aromatic heterocycles. The van der Waals surface area contributed by atoms with Gasteiger partial charge < -0.3 is 4.98 Å². The second kappa shape index (κ2) is 4.73. The van der Waals surface area contributed by atoms with Crippen molar-refractivity contribution in [3.05, 3.63) is 55.9 Å². The minimum atomic E-state index is -0.824. The summed E-state index contributed by atoms with van der Waals surface area (Å²) in [6.45, 7) is 0. The van der Waals surface area contributed by atoms with E-state index in [-0.39, 0.29) is 16.0 Å². The third kappa shape index (κ3) is 1.85. The second-order valence-electron chi connectivity index (χ2n) is 3.36. The maximum atomic E-state index is 11.8. The van der Waals surface area contributed by atoms with E-state index in [4.69, 9.17) is 17.5 Å². The summed E-state index contributed by atoms with van der Waals surface area (Å²) in [6, 6.07) is 10.5. The number of nitroso groups, excluding NO2 is 1. The third-order valence-electron chi connectivity index (χ3n) is 2.34. The number of H-pyrrole nitrogens is 1. The van der Waals surface area contributed by atoms with E-state index in [1.54, 1.807) is 36.4 Å². The van der Waals surface area contributed by atoms with Gasteiger partial charge in [0.25, 0.3) is 5.56 Å². The van der Waals surface area contributed by atoms with Gasteiger partial charge in [-0.25, -0.2) is 0 Å². The lowest BCUT2D eigenvalue weighted by Crippen LogP contribution is -2.22. The lowest BCUT2D eigenvalue weighted by molar-refractivity contribution is 0.768. The number of nitriles is 1. The number of rotatable bonds is 2. The Morgan fingerprint density at radius 3 is 2.56 bits per heavy atom. The summed E-state index contributed by atoms with van der Waals surface area (Å²) < 4.78 is 0.299. The van der Waals surface area contributed by atoms with Crippen LogP contribution < -0.4 is 5.56 Å². The van der Waals surface area contributed by atoms with Crippen molar-refractivity contribution in [2.24, 2.45) is 5.29 Å². The molecule has 0 fully saturated rings. The highest BCUT2D eigenvalue weighted by Crippen LogP contribution is 2.18. The molecule has 1 aromatic carbocycles. The zero-order valence-corrected chi connectivity index (χ0v) is 9.77. The molecule has 0 spiro atoms. The van der Waals surface area contributed by atoms with Crippen LogP contribution in [0.25, 0.3) is 11.3 Å². The average Bonchev–Trinajstić information content (AvgIpc) is 2.39. The molecule has 1 heterocycles. The van der Waals surface area contributed by atoms with Gasteiger partial charge in [-0.3, -0.25) is 4.79 Å². The lowest BCUT2D eigenvalue weighted by Gasteiger charge is -2.04. The number of nitrogens with zero attached hydrogens (tertiary/aromatic N) is 3. The van der Waals surface area contributed by atoms with Gasteiger partial charge in [0.05, 0.1) is 11.0 Å². The number of hydrogen-bond donors (Lipinski definition) is 1. The van der Waals surface area contributed by atoms with Crippen LogP contribution >= 0.6 is 12.2 Å². The van der Waals surface area contributed by atoms with Gasteiger partial charge in [-0.15, -0.1) is 9.58 Å². The molecule has 0 aliphatic heterocycles. The fourth-order valence-corrected chi connectivity index (χ4v) is 1.74. The van der Waals surface area contributed by atoms with E-state index in [0.29, 0.717) is 10.2 Å². The van der Waals surface area contributed by atoms with E-state index in [9.17, 15) is 9.70 Å². The molecule has 0 bridgehead atoms. The van der Waals surface area contributed by atoms with E-state index >= 15 is 0 Å². The fourth-order valence-electron chi connectivity index (χ4n) is 1.53. The minimum absolute atomic E-state index is 0.146. The predicted molar refractivity (Wildman–Crippen MR) is 67.2 cm³/mol. The SMILES string of the molecule is N#Cc1c(-c2ccccc2)[nH]c(=S)n(N=O)c1=O. The van der Waals surface area contributed by atoms with Gasteiger partial charge in [-0.2, -0.15) is 5.26 Å². The summed E-state index contributed by atoms with van der Waals surface area (Å²) in [7, 11) is 0. The van der Waals surface area contributed by atoms with E-state index < -0.39 is 5.56 Å². The van der Waals surface area contributed by atoms with Crippen molar-refractivity contribution in [1.29, 1.82) is 5.26 Å². The Morgan fingerprint density at radius 2 is 2.00 bits per heavy atom. The van der Waals surface area contributed by atoms with Crippen LogP contribution in [0.5, 0.6) is 0 Å². The first-order valence-corrected chi connectivity index (χ1v) is 5.28. The van der Waals surface area contributed by atoms with Crippen molar-refractivity contribution in [2.75, 3.05) is 0 Å². The predicted octanol–water partition coefficient (Wildman–Crippen LogP) is 1.97. The second-order valence-corrected chi connectivity index (χ2v) is 3.74. The zero-order valence-electron chi connectivity index (χ0n) is 8.95. The first kappa shape index (κ1) is 11.9. The van der Waals surface area contributed by atoms with Crippen LogP contribution in [0.1, 0.15) is 5.56 Å². The summed E-state index contributed by atoms with van der Waals surface area (Å²) in [6.07, 6.45) is 0. The first-order chi connectivity index (χ1) is 8.69. The first-order valence-electron chi connectivity index (χ1n) is 4.87. The van der Waals surface area contributed by atoms with Crippen LogP contribution in [0.15, 0.2) is 40.4 Å². The summed E-state index contributed by atoms with van der Waals surface area (Å²) in [5.41, 5.74) is -0.104. The topological polar surface area (TPSA) is 91.0 Å². The molecular formula is C11H6N4O2S. The van der Waals surface area contributed by atoms with Crippen molar-refractivity contribution in [3.63, 3.8) is 0 Å². The monoisotopic (exact) mass is 258 g/mol. The third-order valence-corrected chi connectivity index (χ3v) is 2.61. The number of benzene rings is 1. The van der Waals surface area contributed by atoms with E-state index in [0.717, 1.165) is 0 Å². The molecule has 0 atom stereocenters. The highest BCUT2D eigenvalue weighted by atomic mass is 32.1. The molecule has 6 nitrogen and oxygen atoms in total. The van der Waals surface area contributed by atoms with Gasteiger partial charge in [-0.05, 0) is 17.8 Å². The Labute approximate surface area is 106 Å². The Morgan fingerprint density at radius 1 is 1.33 bits per heavy atom. The molecule has 0 unspecified atom stereocenters. The highest BCUT2D eigenvalue weighted by molar-refractivity contribution is 7.71. The Balaban J connectivity index is 2.87. The molecule has 1 N–H and O–H groups in total. The molecule has 2 rings (SSSR count). The van der Waals surface area contributed by atoms with Gasteiger partial charge in [0.2, 0.25) is 4.77 Å². The van der Waals surface area contributed by atoms with Gasteiger partial charge in [0, 0.05) is 0 Å². The number of aromatic amines is 1. The summed E-state index contributed by atoms with van der Waals surface area (Å²) in [5, 5.41) is 11.5. The largest absolute Gasteiger partial charge is 0.329 e. The van der Waals surface area contributed by atoms with E-state index in [2.05, 4.69) is 10.3 Å². The summed E-state index contributed by atoms with van der Waals surface area (Å²) in [4.78, 5) is 25.0. The van der Waals surface area contributed by atoms with Gasteiger partial charge >= 0.3 is 0 Å². The van der Waals surface area contributed by atoms with Crippen LogP contribution in [0.4, 0.5) is 0 Å². The van der Waals surface area contributed by atoms with Crippen molar-refractivity contribution < 1.29 is 0 Å². The molecule has 18 heavy (non-hydrogen) atoms. The molecule has 0 radical (unpaired) electrons. The Hall–Kier alpha value is -2.59. The maximum Gasteiger partial charge on any atom is 0.296 e. The average molecular weight is 258 g/mol. The molecule has 0 saturated carbocycles. The lowest BCUT2D eigenvalue weighted by atomic mass is 10.1. The van der Waals surface area contributed by atoms with Crippen LogP contribution in [-0.4, -0.2) is 9.66 Å². The van der Waals surface area contributed by atoms with Gasteiger partial charge in [0.1, 0.15) is 11.6 Å². The summed E-state index contributed by atoms with van der Waals surface area (Å²) >= 11 is 4.84. The van der Waals surface area contributed by atoms with E-state index in [1.807, 2.05) is 0 Å². The van der Waals surface area contributed by atoms with Crippen molar-refractivity contribution in [3.8, 4) is 17.3 Å². The molecule has 7 heteroatoms. The molecule has 0 aliphatic rings. The Bertz CT molecular complexity index is 755. The fraction of sp³-hybridized carbons (Fsp3) is 0. The molecule has 0 aliphatic carbocycles. The molecule has 0 saturated heterocycles. The standard InChI is InChI=1S/C11H6N4O2S/c12-6-8-9(7-4-2-1-3-5-7)13-11(18)15(14-17)10(8)16/h1-5H,(H,13,18). The number of aromatic nitrogens is 2. The maximum absolute atomic E-state index is 11.8. The zero-order chi connectivity index (χ0) is 13.1. The quantitative estimate of drug-likeness (QED) is 0.658. The Kier molecular flexibility index (Phi) is 3.12. The molecule has 0 amide bonds. The molecule has 2 aromatic rings. The number of hydrogen-bond acceptors (Lipinski definition) is 5. The van der Waals surface area contributed by atoms with Crippen LogP contribution in [-0.2, 0) is 0 Å². The molecular weight excluding hydrogens is 252 g/mol. The minimum Gasteiger partial charge on any atom is -0.329 e. The highest BCUT2D eigenvalue weighted by Gasteiger charge is 2.13. The van der Waals surface area contributed by atoms with Crippen molar-refractivity contribution >= 4 is 12.2 Å². The smallest absolute Gasteiger partial charge is 0.296 e. The van der Waals surface area contributed by atoms with Crippen LogP contribution in [0.3, 0.4) is 0 Å².